The number of rotatable bonds is 5. The molecule has 4 aromatic rings. The molecular formula is C26H18O4. The molecule has 0 heterocycles. The molecule has 0 aromatic heterocycles. The lowest BCUT2D eigenvalue weighted by molar-refractivity contribution is 0.0725. The molecule has 0 aliphatic carbocycles. The zero-order valence-electron chi connectivity index (χ0n) is 16.0. The minimum atomic E-state index is -0.395. The average Bonchev–Trinajstić information content (AvgIpc) is 2.81. The SMILES string of the molecule is O=C(Oc1ccc(-c2ccc(OC(=O)c3ccccc3)cc2)cc1)c1ccccc1. The van der Waals surface area contributed by atoms with Crippen LogP contribution >= 0.6 is 0 Å². The zero-order chi connectivity index (χ0) is 20.8. The van der Waals surface area contributed by atoms with Gasteiger partial charge in [-0.3, -0.25) is 0 Å². The Kier molecular flexibility index (Phi) is 5.67. The fourth-order valence-corrected chi connectivity index (χ4v) is 2.91. The van der Waals surface area contributed by atoms with E-state index in [1.54, 1.807) is 72.8 Å². The molecule has 0 aliphatic heterocycles. The van der Waals surface area contributed by atoms with Gasteiger partial charge < -0.3 is 9.47 Å². The molecule has 4 rings (SSSR count). The summed E-state index contributed by atoms with van der Waals surface area (Å²) in [5.74, 6) is 0.155. The van der Waals surface area contributed by atoms with E-state index in [1.807, 2.05) is 36.4 Å². The maximum atomic E-state index is 12.1. The highest BCUT2D eigenvalue weighted by atomic mass is 16.5. The third-order valence-corrected chi connectivity index (χ3v) is 4.48. The summed E-state index contributed by atoms with van der Waals surface area (Å²) in [4.78, 5) is 24.3. The first kappa shape index (κ1) is 19.2. The number of hydrogen-bond donors (Lipinski definition) is 0. The lowest BCUT2D eigenvalue weighted by Gasteiger charge is -2.08. The third-order valence-electron chi connectivity index (χ3n) is 4.48. The van der Waals surface area contributed by atoms with E-state index >= 15 is 0 Å². The Morgan fingerprint density at radius 1 is 0.433 bits per heavy atom. The van der Waals surface area contributed by atoms with Crippen LogP contribution in [0.1, 0.15) is 20.7 Å². The van der Waals surface area contributed by atoms with Gasteiger partial charge in [0, 0.05) is 0 Å². The third kappa shape index (κ3) is 4.62. The van der Waals surface area contributed by atoms with Crippen LogP contribution in [0.2, 0.25) is 0 Å². The molecule has 0 aliphatic rings. The second kappa shape index (κ2) is 8.88. The van der Waals surface area contributed by atoms with Crippen LogP contribution in [-0.4, -0.2) is 11.9 Å². The number of ether oxygens (including phenoxy) is 2. The number of benzene rings is 4. The molecule has 0 radical (unpaired) electrons. The van der Waals surface area contributed by atoms with Crippen molar-refractivity contribution in [2.75, 3.05) is 0 Å². The first-order chi connectivity index (χ1) is 14.7. The number of carbonyl (C=O) groups is 2. The zero-order valence-corrected chi connectivity index (χ0v) is 16.0. The summed E-state index contributed by atoms with van der Waals surface area (Å²) in [7, 11) is 0. The molecule has 4 nitrogen and oxygen atoms in total. The van der Waals surface area contributed by atoms with Gasteiger partial charge in [0.1, 0.15) is 11.5 Å². The fraction of sp³-hybridized carbons (Fsp3) is 0. The summed E-state index contributed by atoms with van der Waals surface area (Å²) in [6, 6.07) is 32.2. The van der Waals surface area contributed by atoms with E-state index in [4.69, 9.17) is 9.47 Å². The van der Waals surface area contributed by atoms with Gasteiger partial charge in [0.15, 0.2) is 0 Å². The molecule has 0 atom stereocenters. The van der Waals surface area contributed by atoms with Crippen molar-refractivity contribution < 1.29 is 19.1 Å². The van der Waals surface area contributed by atoms with Gasteiger partial charge in [0.05, 0.1) is 11.1 Å². The van der Waals surface area contributed by atoms with Crippen LogP contribution in [-0.2, 0) is 0 Å². The van der Waals surface area contributed by atoms with Crippen molar-refractivity contribution in [3.05, 3.63) is 120 Å². The summed E-state index contributed by atoms with van der Waals surface area (Å²) in [5, 5.41) is 0. The van der Waals surface area contributed by atoms with Crippen LogP contribution in [0.3, 0.4) is 0 Å². The lowest BCUT2D eigenvalue weighted by Crippen LogP contribution is -2.08. The van der Waals surface area contributed by atoms with Crippen molar-refractivity contribution in [2.45, 2.75) is 0 Å². The Labute approximate surface area is 174 Å². The second-order valence-corrected chi connectivity index (χ2v) is 6.56. The molecule has 146 valence electrons. The molecule has 0 amide bonds. The molecular weight excluding hydrogens is 376 g/mol. The van der Waals surface area contributed by atoms with Crippen molar-refractivity contribution >= 4 is 11.9 Å². The van der Waals surface area contributed by atoms with Gasteiger partial charge >= 0.3 is 11.9 Å². The summed E-state index contributed by atoms with van der Waals surface area (Å²) in [5.41, 5.74) is 2.91. The van der Waals surface area contributed by atoms with Crippen molar-refractivity contribution in [3.8, 4) is 22.6 Å². The van der Waals surface area contributed by atoms with Gasteiger partial charge in [0.25, 0.3) is 0 Å². The second-order valence-electron chi connectivity index (χ2n) is 6.56. The maximum absolute atomic E-state index is 12.1. The lowest BCUT2D eigenvalue weighted by atomic mass is 10.1. The van der Waals surface area contributed by atoms with Gasteiger partial charge in [-0.05, 0) is 59.7 Å². The van der Waals surface area contributed by atoms with Crippen LogP contribution in [0.4, 0.5) is 0 Å². The Balaban J connectivity index is 1.41. The standard InChI is InChI=1S/C26H18O4/c27-25(21-7-3-1-4-8-21)29-23-15-11-19(12-16-23)20-13-17-24(18-14-20)30-26(28)22-9-5-2-6-10-22/h1-18H. The van der Waals surface area contributed by atoms with Gasteiger partial charge in [-0.2, -0.15) is 0 Å². The van der Waals surface area contributed by atoms with Gasteiger partial charge in [-0.15, -0.1) is 0 Å². The predicted octanol–water partition coefficient (Wildman–Crippen LogP) is 5.79. The quantitative estimate of drug-likeness (QED) is 0.317. The summed E-state index contributed by atoms with van der Waals surface area (Å²) < 4.78 is 10.8. The highest BCUT2D eigenvalue weighted by Gasteiger charge is 2.09. The highest BCUT2D eigenvalue weighted by Crippen LogP contribution is 2.25. The Morgan fingerprint density at radius 3 is 1.10 bits per heavy atom. The van der Waals surface area contributed by atoms with Gasteiger partial charge in [0.2, 0.25) is 0 Å². The van der Waals surface area contributed by atoms with Crippen molar-refractivity contribution in [2.24, 2.45) is 0 Å². The molecule has 30 heavy (non-hydrogen) atoms. The monoisotopic (exact) mass is 394 g/mol. The first-order valence-corrected chi connectivity index (χ1v) is 9.44. The smallest absolute Gasteiger partial charge is 0.343 e. The molecule has 0 fully saturated rings. The molecule has 4 aromatic carbocycles. The van der Waals surface area contributed by atoms with Gasteiger partial charge in [-0.25, -0.2) is 9.59 Å². The number of carbonyl (C=O) groups excluding carboxylic acids is 2. The molecule has 0 saturated carbocycles. The molecule has 0 bridgehead atoms. The van der Waals surface area contributed by atoms with Gasteiger partial charge in [-0.1, -0.05) is 60.7 Å². The maximum Gasteiger partial charge on any atom is 0.343 e. The summed E-state index contributed by atoms with van der Waals surface area (Å²) in [6.45, 7) is 0. The van der Waals surface area contributed by atoms with Crippen molar-refractivity contribution in [1.29, 1.82) is 0 Å². The minimum Gasteiger partial charge on any atom is -0.423 e. The highest BCUT2D eigenvalue weighted by molar-refractivity contribution is 5.91. The Morgan fingerprint density at radius 2 is 0.767 bits per heavy atom. The summed E-state index contributed by atoms with van der Waals surface area (Å²) >= 11 is 0. The van der Waals surface area contributed by atoms with Crippen LogP contribution in [0.15, 0.2) is 109 Å². The van der Waals surface area contributed by atoms with E-state index in [2.05, 4.69) is 0 Å². The van der Waals surface area contributed by atoms with Crippen molar-refractivity contribution in [3.63, 3.8) is 0 Å². The van der Waals surface area contributed by atoms with Crippen LogP contribution in [0.25, 0.3) is 11.1 Å². The van der Waals surface area contributed by atoms with E-state index in [1.165, 1.54) is 0 Å². The Hall–Kier alpha value is -4.18. The van der Waals surface area contributed by atoms with Crippen LogP contribution < -0.4 is 9.47 Å². The normalized spacial score (nSPS) is 10.3. The Bertz CT molecular complexity index is 1040. The van der Waals surface area contributed by atoms with Crippen LogP contribution in [0.5, 0.6) is 11.5 Å². The number of hydrogen-bond acceptors (Lipinski definition) is 4. The fourth-order valence-electron chi connectivity index (χ4n) is 2.91. The summed E-state index contributed by atoms with van der Waals surface area (Å²) in [6.07, 6.45) is 0. The largest absolute Gasteiger partial charge is 0.423 e. The van der Waals surface area contributed by atoms with E-state index < -0.39 is 11.9 Å². The minimum absolute atomic E-state index is 0.395. The van der Waals surface area contributed by atoms with E-state index in [0.29, 0.717) is 22.6 Å². The first-order valence-electron chi connectivity index (χ1n) is 9.44. The molecule has 0 spiro atoms. The van der Waals surface area contributed by atoms with E-state index in [0.717, 1.165) is 11.1 Å². The van der Waals surface area contributed by atoms with E-state index in [9.17, 15) is 9.59 Å². The average molecular weight is 394 g/mol. The van der Waals surface area contributed by atoms with E-state index in [-0.39, 0.29) is 0 Å². The molecule has 0 N–H and O–H groups in total. The number of esters is 2. The molecule has 4 heteroatoms. The molecule has 0 unspecified atom stereocenters. The topological polar surface area (TPSA) is 52.6 Å². The van der Waals surface area contributed by atoms with Crippen LogP contribution in [0, 0.1) is 0 Å². The predicted molar refractivity (Wildman–Crippen MR) is 115 cm³/mol. The van der Waals surface area contributed by atoms with Crippen molar-refractivity contribution in [1.82, 2.24) is 0 Å². The molecule has 0 saturated heterocycles.